The van der Waals surface area contributed by atoms with Crippen molar-refractivity contribution in [3.05, 3.63) is 113 Å². The molecule has 1 spiro atoms. The molecule has 5 heteroatoms. The summed E-state index contributed by atoms with van der Waals surface area (Å²) in [4.78, 5) is 15.8. The zero-order valence-electron chi connectivity index (χ0n) is 22.7. The van der Waals surface area contributed by atoms with Gasteiger partial charge in [0, 0.05) is 52.4 Å². The standard InChI is InChI=1S/C34H32N2O3/c1-21-18-30-28(20-29(21)35-23-10-6-5-7-11-23)34(26-13-9-8-12-25(26)32(37)39-34)27-15-14-24(19-31(27)38-30)36-17-16-33(3,4)22(36)2/h5-15,18-20,22,35H,16-17H2,1-4H3. The molecule has 0 amide bonds. The average Bonchev–Trinajstić information content (AvgIpc) is 3.38. The minimum Gasteiger partial charge on any atom is -0.456 e. The lowest BCUT2D eigenvalue weighted by atomic mass is 9.77. The Hall–Kier alpha value is -4.25. The van der Waals surface area contributed by atoms with E-state index in [2.05, 4.69) is 62.2 Å². The van der Waals surface area contributed by atoms with Crippen LogP contribution in [0.5, 0.6) is 11.5 Å². The van der Waals surface area contributed by atoms with Crippen LogP contribution in [0.3, 0.4) is 0 Å². The number of hydrogen-bond donors (Lipinski definition) is 1. The van der Waals surface area contributed by atoms with Crippen molar-refractivity contribution >= 4 is 23.0 Å². The van der Waals surface area contributed by atoms with E-state index in [4.69, 9.17) is 9.47 Å². The second-order valence-corrected chi connectivity index (χ2v) is 11.7. The number of esters is 1. The molecule has 4 aromatic carbocycles. The quantitative estimate of drug-likeness (QED) is 0.280. The van der Waals surface area contributed by atoms with Crippen LogP contribution in [0.25, 0.3) is 0 Å². The number of nitrogens with one attached hydrogen (secondary N) is 1. The highest BCUT2D eigenvalue weighted by atomic mass is 16.6. The molecule has 2 atom stereocenters. The normalized spacial score (nSPS) is 22.1. The summed E-state index contributed by atoms with van der Waals surface area (Å²) in [6.07, 6.45) is 1.14. The SMILES string of the molecule is Cc1cc2c(cc1Nc1ccccc1)C1(OC(=O)c3ccccc31)c1ccc(N3CCC(C)(C)C3C)cc1O2. The van der Waals surface area contributed by atoms with Gasteiger partial charge in [-0.2, -0.15) is 0 Å². The maximum Gasteiger partial charge on any atom is 0.340 e. The lowest BCUT2D eigenvalue weighted by molar-refractivity contribution is 0.0224. The van der Waals surface area contributed by atoms with Crippen molar-refractivity contribution in [2.45, 2.75) is 45.8 Å². The predicted octanol–water partition coefficient (Wildman–Crippen LogP) is 7.93. The molecule has 0 aliphatic carbocycles. The van der Waals surface area contributed by atoms with Crippen LogP contribution in [0.15, 0.2) is 84.9 Å². The first kappa shape index (κ1) is 23.8. The van der Waals surface area contributed by atoms with Gasteiger partial charge in [-0.15, -0.1) is 0 Å². The van der Waals surface area contributed by atoms with Crippen LogP contribution in [0.4, 0.5) is 17.1 Å². The van der Waals surface area contributed by atoms with Gasteiger partial charge < -0.3 is 19.7 Å². The molecule has 1 N–H and O–H groups in total. The first-order valence-corrected chi connectivity index (χ1v) is 13.7. The molecule has 196 valence electrons. The van der Waals surface area contributed by atoms with Gasteiger partial charge >= 0.3 is 5.97 Å². The fourth-order valence-corrected chi connectivity index (χ4v) is 6.38. The summed E-state index contributed by atoms with van der Waals surface area (Å²) in [5.74, 6) is 1.11. The molecular weight excluding hydrogens is 484 g/mol. The van der Waals surface area contributed by atoms with Gasteiger partial charge in [0.05, 0.1) is 5.56 Å². The number of benzene rings is 4. The Kier molecular flexibility index (Phi) is 5.12. The van der Waals surface area contributed by atoms with Gasteiger partial charge in [0.25, 0.3) is 0 Å². The Morgan fingerprint density at radius 1 is 0.872 bits per heavy atom. The molecule has 3 heterocycles. The maximum atomic E-state index is 13.3. The van der Waals surface area contributed by atoms with Gasteiger partial charge in [-0.05, 0) is 73.7 Å². The molecule has 0 radical (unpaired) electrons. The maximum absolute atomic E-state index is 13.3. The molecule has 5 nitrogen and oxygen atoms in total. The lowest BCUT2D eigenvalue weighted by Crippen LogP contribution is -2.35. The van der Waals surface area contributed by atoms with Crippen LogP contribution in [-0.4, -0.2) is 18.6 Å². The predicted molar refractivity (Wildman–Crippen MR) is 154 cm³/mol. The van der Waals surface area contributed by atoms with Crippen LogP contribution in [-0.2, 0) is 10.3 Å². The number of ether oxygens (including phenoxy) is 2. The Morgan fingerprint density at radius 2 is 1.62 bits per heavy atom. The Morgan fingerprint density at radius 3 is 2.38 bits per heavy atom. The van der Waals surface area contributed by atoms with E-state index < -0.39 is 5.60 Å². The van der Waals surface area contributed by atoms with E-state index in [1.807, 2.05) is 60.7 Å². The molecule has 7 rings (SSSR count). The first-order valence-electron chi connectivity index (χ1n) is 13.7. The minimum absolute atomic E-state index is 0.240. The highest BCUT2D eigenvalue weighted by Crippen LogP contribution is 2.57. The van der Waals surface area contributed by atoms with E-state index in [0.29, 0.717) is 17.4 Å². The monoisotopic (exact) mass is 516 g/mol. The van der Waals surface area contributed by atoms with Crippen molar-refractivity contribution in [2.24, 2.45) is 5.41 Å². The number of carbonyl (C=O) groups excluding carboxylic acids is 1. The molecule has 3 aliphatic rings. The molecule has 3 aliphatic heterocycles. The van der Waals surface area contributed by atoms with Crippen molar-refractivity contribution in [3.63, 3.8) is 0 Å². The number of para-hydroxylation sites is 1. The Bertz CT molecular complexity index is 1630. The lowest BCUT2D eigenvalue weighted by Gasteiger charge is -2.38. The summed E-state index contributed by atoms with van der Waals surface area (Å²) in [6, 6.07) is 28.7. The summed E-state index contributed by atoms with van der Waals surface area (Å²) >= 11 is 0. The van der Waals surface area contributed by atoms with Gasteiger partial charge in [-0.1, -0.05) is 50.2 Å². The summed E-state index contributed by atoms with van der Waals surface area (Å²) in [7, 11) is 0. The fraction of sp³-hybridized carbons (Fsp3) is 0.265. The van der Waals surface area contributed by atoms with E-state index in [1.54, 1.807) is 0 Å². The van der Waals surface area contributed by atoms with E-state index in [0.717, 1.165) is 58.0 Å². The van der Waals surface area contributed by atoms with E-state index in [-0.39, 0.29) is 11.4 Å². The number of carbonyl (C=O) groups is 1. The van der Waals surface area contributed by atoms with Crippen LogP contribution in [0.1, 0.15) is 59.8 Å². The van der Waals surface area contributed by atoms with Crippen LogP contribution < -0.4 is 15.0 Å². The zero-order valence-corrected chi connectivity index (χ0v) is 22.7. The van der Waals surface area contributed by atoms with Crippen LogP contribution in [0.2, 0.25) is 0 Å². The van der Waals surface area contributed by atoms with Crippen LogP contribution >= 0.6 is 0 Å². The fourth-order valence-electron chi connectivity index (χ4n) is 6.38. The van der Waals surface area contributed by atoms with E-state index >= 15 is 0 Å². The molecule has 2 unspecified atom stereocenters. The molecule has 0 bridgehead atoms. The van der Waals surface area contributed by atoms with Crippen molar-refractivity contribution in [2.75, 3.05) is 16.8 Å². The van der Waals surface area contributed by atoms with Crippen molar-refractivity contribution in [1.29, 1.82) is 0 Å². The highest BCUT2D eigenvalue weighted by Gasteiger charge is 2.54. The topological polar surface area (TPSA) is 50.8 Å². The second kappa shape index (κ2) is 8.37. The van der Waals surface area contributed by atoms with E-state index in [9.17, 15) is 4.79 Å². The number of aryl methyl sites for hydroxylation is 1. The number of fused-ring (bicyclic) bond motifs is 6. The number of anilines is 3. The van der Waals surface area contributed by atoms with Crippen molar-refractivity contribution in [3.8, 4) is 11.5 Å². The molecule has 0 aromatic heterocycles. The van der Waals surface area contributed by atoms with E-state index in [1.165, 1.54) is 0 Å². The van der Waals surface area contributed by atoms with Crippen LogP contribution in [0, 0.1) is 12.3 Å². The molecule has 0 saturated carbocycles. The minimum atomic E-state index is -1.09. The molecular formula is C34H32N2O3. The Labute approximate surface area is 229 Å². The van der Waals surface area contributed by atoms with Crippen molar-refractivity contribution < 1.29 is 14.3 Å². The number of rotatable bonds is 3. The average molecular weight is 517 g/mol. The zero-order chi connectivity index (χ0) is 26.9. The molecule has 39 heavy (non-hydrogen) atoms. The third kappa shape index (κ3) is 3.49. The Balaban J connectivity index is 1.42. The first-order chi connectivity index (χ1) is 18.8. The summed E-state index contributed by atoms with van der Waals surface area (Å²) < 4.78 is 13.1. The molecule has 1 fully saturated rings. The third-order valence-corrected chi connectivity index (χ3v) is 9.02. The molecule has 1 saturated heterocycles. The summed E-state index contributed by atoms with van der Waals surface area (Å²) in [5.41, 5.74) is 6.35. The molecule has 4 aromatic rings. The van der Waals surface area contributed by atoms with Gasteiger partial charge in [0.1, 0.15) is 11.5 Å². The third-order valence-electron chi connectivity index (χ3n) is 9.02. The number of nitrogens with zero attached hydrogens (tertiary/aromatic N) is 1. The largest absolute Gasteiger partial charge is 0.456 e. The van der Waals surface area contributed by atoms with Gasteiger partial charge in [-0.25, -0.2) is 4.79 Å². The van der Waals surface area contributed by atoms with Gasteiger partial charge in [0.2, 0.25) is 0 Å². The van der Waals surface area contributed by atoms with Gasteiger partial charge in [0.15, 0.2) is 5.60 Å². The summed E-state index contributed by atoms with van der Waals surface area (Å²) in [6.45, 7) is 10.0. The second-order valence-electron chi connectivity index (χ2n) is 11.7. The van der Waals surface area contributed by atoms with Crippen molar-refractivity contribution in [1.82, 2.24) is 0 Å². The smallest absolute Gasteiger partial charge is 0.340 e. The van der Waals surface area contributed by atoms with Gasteiger partial charge in [-0.3, -0.25) is 0 Å². The summed E-state index contributed by atoms with van der Waals surface area (Å²) in [5, 5.41) is 3.54. The highest BCUT2D eigenvalue weighted by molar-refractivity contribution is 5.97. The number of hydrogen-bond acceptors (Lipinski definition) is 5.